The molecule has 0 fully saturated rings. The van der Waals surface area contributed by atoms with Gasteiger partial charge in [0.05, 0.1) is 12.5 Å². The number of ether oxygens (including phenoxy) is 1. The fourth-order valence-corrected chi connectivity index (χ4v) is 1.17. The highest BCUT2D eigenvalue weighted by atomic mass is 16.5. The number of primary amides is 1. The number of amides is 1. The summed E-state index contributed by atoms with van der Waals surface area (Å²) < 4.78 is 5.42. The van der Waals surface area contributed by atoms with Gasteiger partial charge in [-0.25, -0.2) is 0 Å². The van der Waals surface area contributed by atoms with Crippen molar-refractivity contribution in [2.24, 2.45) is 17.4 Å². The summed E-state index contributed by atoms with van der Waals surface area (Å²) in [7, 11) is 0. The number of carbonyl (C=O) groups is 1. The first-order valence-electron chi connectivity index (χ1n) is 5.28. The first kappa shape index (κ1) is 12.5. The third kappa shape index (κ3) is 3.55. The molecule has 88 valence electrons. The monoisotopic (exact) mass is 222 g/mol. The van der Waals surface area contributed by atoms with E-state index < -0.39 is 0 Å². The molecule has 0 spiro atoms. The predicted octanol–water partition coefficient (Wildman–Crippen LogP) is 1.21. The number of carbonyl (C=O) groups excluding carboxylic acids is 1. The van der Waals surface area contributed by atoms with Crippen molar-refractivity contribution in [2.75, 3.05) is 6.61 Å². The molecule has 4 nitrogen and oxygen atoms in total. The Hall–Kier alpha value is -1.55. The highest BCUT2D eigenvalue weighted by Gasteiger charge is 2.09. The van der Waals surface area contributed by atoms with Gasteiger partial charge in [-0.05, 0) is 24.6 Å². The van der Waals surface area contributed by atoms with Crippen LogP contribution in [0.3, 0.4) is 0 Å². The largest absolute Gasteiger partial charge is 0.493 e. The molecule has 0 aliphatic carbocycles. The molecule has 0 radical (unpaired) electrons. The van der Waals surface area contributed by atoms with Crippen molar-refractivity contribution in [2.45, 2.75) is 19.9 Å². The fourth-order valence-electron chi connectivity index (χ4n) is 1.17. The Labute approximate surface area is 95.6 Å². The van der Waals surface area contributed by atoms with E-state index in [0.717, 1.165) is 11.3 Å². The summed E-state index contributed by atoms with van der Waals surface area (Å²) in [5.74, 6) is 0.0813. The van der Waals surface area contributed by atoms with Crippen molar-refractivity contribution < 1.29 is 9.53 Å². The molecule has 0 aliphatic heterocycles. The summed E-state index contributed by atoms with van der Waals surface area (Å²) in [6.07, 6.45) is 0. The normalized spacial score (nSPS) is 14.2. The van der Waals surface area contributed by atoms with Crippen LogP contribution in [0, 0.1) is 5.92 Å². The average Bonchev–Trinajstić information content (AvgIpc) is 2.26. The van der Waals surface area contributed by atoms with Gasteiger partial charge < -0.3 is 16.2 Å². The molecule has 0 bridgehead atoms. The van der Waals surface area contributed by atoms with Crippen LogP contribution in [0.1, 0.15) is 25.5 Å². The van der Waals surface area contributed by atoms with Gasteiger partial charge >= 0.3 is 0 Å². The molecule has 4 N–H and O–H groups in total. The summed E-state index contributed by atoms with van der Waals surface area (Å²) in [6, 6.07) is 7.52. The van der Waals surface area contributed by atoms with Crippen LogP contribution < -0.4 is 16.2 Å². The van der Waals surface area contributed by atoms with Crippen LogP contribution >= 0.6 is 0 Å². The molecule has 0 aliphatic rings. The van der Waals surface area contributed by atoms with Crippen LogP contribution in [0.2, 0.25) is 0 Å². The molecule has 0 aromatic heterocycles. The quantitative estimate of drug-likeness (QED) is 0.785. The number of hydrogen-bond donors (Lipinski definition) is 2. The fraction of sp³-hybridized carbons (Fsp3) is 0.417. The van der Waals surface area contributed by atoms with Gasteiger partial charge in [0.15, 0.2) is 0 Å². The van der Waals surface area contributed by atoms with Crippen LogP contribution in [-0.2, 0) is 4.79 Å². The van der Waals surface area contributed by atoms with E-state index >= 15 is 0 Å². The van der Waals surface area contributed by atoms with E-state index in [-0.39, 0.29) is 17.9 Å². The third-order valence-corrected chi connectivity index (χ3v) is 2.39. The Morgan fingerprint density at radius 3 is 2.31 bits per heavy atom. The number of benzene rings is 1. The third-order valence-electron chi connectivity index (χ3n) is 2.39. The van der Waals surface area contributed by atoms with Gasteiger partial charge in [-0.15, -0.1) is 0 Å². The van der Waals surface area contributed by atoms with E-state index in [0.29, 0.717) is 6.61 Å². The van der Waals surface area contributed by atoms with Gasteiger partial charge in [-0.2, -0.15) is 0 Å². The lowest BCUT2D eigenvalue weighted by Gasteiger charge is -2.11. The summed E-state index contributed by atoms with van der Waals surface area (Å²) in [5, 5.41) is 0. The Kier molecular flexibility index (Phi) is 4.31. The van der Waals surface area contributed by atoms with Gasteiger partial charge in [0.1, 0.15) is 5.75 Å². The van der Waals surface area contributed by atoms with Crippen LogP contribution in [0.4, 0.5) is 0 Å². The van der Waals surface area contributed by atoms with Crippen molar-refractivity contribution >= 4 is 5.91 Å². The Morgan fingerprint density at radius 1 is 1.31 bits per heavy atom. The van der Waals surface area contributed by atoms with Crippen molar-refractivity contribution in [1.82, 2.24) is 0 Å². The van der Waals surface area contributed by atoms with E-state index in [1.54, 1.807) is 6.92 Å². The maximum atomic E-state index is 10.8. The molecule has 2 atom stereocenters. The second-order valence-corrected chi connectivity index (χ2v) is 3.97. The van der Waals surface area contributed by atoms with Gasteiger partial charge in [0.2, 0.25) is 5.91 Å². The number of nitrogens with two attached hydrogens (primary N) is 2. The lowest BCUT2D eigenvalue weighted by Crippen LogP contribution is -2.25. The topological polar surface area (TPSA) is 78.3 Å². The van der Waals surface area contributed by atoms with Crippen LogP contribution in [0.25, 0.3) is 0 Å². The first-order chi connectivity index (χ1) is 7.50. The van der Waals surface area contributed by atoms with E-state index in [1.165, 1.54) is 0 Å². The van der Waals surface area contributed by atoms with E-state index in [9.17, 15) is 4.79 Å². The maximum Gasteiger partial charge on any atom is 0.223 e. The molecular weight excluding hydrogens is 204 g/mol. The van der Waals surface area contributed by atoms with Crippen LogP contribution in [-0.4, -0.2) is 12.5 Å². The van der Waals surface area contributed by atoms with E-state index in [1.807, 2.05) is 31.2 Å². The van der Waals surface area contributed by atoms with E-state index in [4.69, 9.17) is 16.2 Å². The zero-order valence-electron chi connectivity index (χ0n) is 9.64. The van der Waals surface area contributed by atoms with Crippen molar-refractivity contribution in [3.05, 3.63) is 29.8 Å². The Morgan fingerprint density at radius 2 is 1.88 bits per heavy atom. The Balaban J connectivity index is 2.52. The standard InChI is InChI=1S/C12H18N2O2/c1-8(12(14)15)7-16-11-5-3-10(4-6-11)9(2)13/h3-6,8-9H,7,13H2,1-2H3,(H2,14,15)/t8?,9-/m1/s1. The van der Waals surface area contributed by atoms with Crippen LogP contribution in [0.15, 0.2) is 24.3 Å². The summed E-state index contributed by atoms with van der Waals surface area (Å²) >= 11 is 0. The molecule has 0 heterocycles. The summed E-state index contributed by atoms with van der Waals surface area (Å²) in [4.78, 5) is 10.8. The van der Waals surface area contributed by atoms with E-state index in [2.05, 4.69) is 0 Å². The number of hydrogen-bond acceptors (Lipinski definition) is 3. The van der Waals surface area contributed by atoms with Gasteiger partial charge in [-0.1, -0.05) is 19.1 Å². The molecule has 4 heteroatoms. The highest BCUT2D eigenvalue weighted by Crippen LogP contribution is 2.16. The van der Waals surface area contributed by atoms with Gasteiger partial charge in [0, 0.05) is 6.04 Å². The average molecular weight is 222 g/mol. The second-order valence-electron chi connectivity index (χ2n) is 3.97. The lowest BCUT2D eigenvalue weighted by atomic mass is 10.1. The highest BCUT2D eigenvalue weighted by molar-refractivity contribution is 5.76. The summed E-state index contributed by atoms with van der Waals surface area (Å²) in [5.41, 5.74) is 11.9. The lowest BCUT2D eigenvalue weighted by molar-refractivity contribution is -0.122. The zero-order valence-corrected chi connectivity index (χ0v) is 9.64. The molecule has 16 heavy (non-hydrogen) atoms. The first-order valence-corrected chi connectivity index (χ1v) is 5.28. The zero-order chi connectivity index (χ0) is 12.1. The maximum absolute atomic E-state index is 10.8. The minimum atomic E-state index is -0.354. The molecule has 0 saturated carbocycles. The molecular formula is C12H18N2O2. The minimum Gasteiger partial charge on any atom is -0.493 e. The molecule has 1 aromatic carbocycles. The van der Waals surface area contributed by atoms with Gasteiger partial charge in [-0.3, -0.25) is 4.79 Å². The smallest absolute Gasteiger partial charge is 0.223 e. The number of rotatable bonds is 5. The molecule has 1 rings (SSSR count). The van der Waals surface area contributed by atoms with Gasteiger partial charge in [0.25, 0.3) is 0 Å². The molecule has 1 unspecified atom stereocenters. The molecule has 1 amide bonds. The molecule has 1 aromatic rings. The van der Waals surface area contributed by atoms with Crippen molar-refractivity contribution in [3.63, 3.8) is 0 Å². The van der Waals surface area contributed by atoms with Crippen LogP contribution in [0.5, 0.6) is 5.75 Å². The van der Waals surface area contributed by atoms with Crippen molar-refractivity contribution in [1.29, 1.82) is 0 Å². The Bertz CT molecular complexity index is 347. The minimum absolute atomic E-state index is 0.0126. The second kappa shape index (κ2) is 5.51. The predicted molar refractivity (Wildman–Crippen MR) is 62.9 cm³/mol. The SMILES string of the molecule is CC(COc1ccc([C@@H](C)N)cc1)C(N)=O. The molecule has 0 saturated heterocycles. The van der Waals surface area contributed by atoms with Crippen molar-refractivity contribution in [3.8, 4) is 5.75 Å². The summed E-state index contributed by atoms with van der Waals surface area (Å²) in [6.45, 7) is 3.95.